The lowest BCUT2D eigenvalue weighted by Crippen LogP contribution is -2.04. The maximum Gasteiger partial charge on any atom is 0.133 e. The van der Waals surface area contributed by atoms with Crippen LogP contribution in [0.4, 0.5) is 5.69 Å². The lowest BCUT2D eigenvalue weighted by Gasteiger charge is -2.11. The average Bonchev–Trinajstić information content (AvgIpc) is 2.27. The molecule has 2 heteroatoms. The summed E-state index contributed by atoms with van der Waals surface area (Å²) in [7, 11) is 0. The molecule has 2 nitrogen and oxygen atoms in total. The summed E-state index contributed by atoms with van der Waals surface area (Å²) in [6.45, 7) is 4.20. The molecule has 0 aliphatic carbocycles. The Morgan fingerprint density at radius 1 is 1.31 bits per heavy atom. The number of ketones is 1. The molecule has 1 atom stereocenters. The predicted molar refractivity (Wildman–Crippen MR) is 68.4 cm³/mol. The van der Waals surface area contributed by atoms with Gasteiger partial charge in [0.25, 0.3) is 0 Å². The van der Waals surface area contributed by atoms with Crippen LogP contribution in [0.2, 0.25) is 0 Å². The van der Waals surface area contributed by atoms with Gasteiger partial charge < -0.3 is 5.73 Å². The topological polar surface area (TPSA) is 43.1 Å². The molecule has 0 aliphatic heterocycles. The number of benzene rings is 1. The van der Waals surface area contributed by atoms with Crippen molar-refractivity contribution in [2.75, 3.05) is 5.73 Å². The van der Waals surface area contributed by atoms with Gasteiger partial charge in [-0.3, -0.25) is 4.79 Å². The molecule has 0 fully saturated rings. The van der Waals surface area contributed by atoms with Crippen molar-refractivity contribution in [1.82, 2.24) is 0 Å². The number of Topliss-reactive ketones (excluding diaryl/α,β-unsaturated/α-hetero) is 1. The highest BCUT2D eigenvalue weighted by Crippen LogP contribution is 2.21. The van der Waals surface area contributed by atoms with Gasteiger partial charge in [0.1, 0.15) is 5.78 Å². The number of carbonyl (C=O) groups excluding carboxylic acids is 1. The number of nitrogen functional groups attached to an aromatic ring is 1. The fraction of sp³-hybridized carbons (Fsp3) is 0.500. The van der Waals surface area contributed by atoms with Crippen molar-refractivity contribution >= 4 is 11.5 Å². The average molecular weight is 219 g/mol. The molecule has 16 heavy (non-hydrogen) atoms. The number of nitrogens with two attached hydrogens (primary N) is 1. The maximum atomic E-state index is 11.6. The maximum absolute atomic E-state index is 11.6. The summed E-state index contributed by atoms with van der Waals surface area (Å²) in [6.07, 6.45) is 3.45. The Morgan fingerprint density at radius 2 is 1.94 bits per heavy atom. The highest BCUT2D eigenvalue weighted by molar-refractivity contribution is 5.79. The fourth-order valence-electron chi connectivity index (χ4n) is 1.76. The van der Waals surface area contributed by atoms with Crippen LogP contribution in [0.5, 0.6) is 0 Å². The Kier molecular flexibility index (Phi) is 5.03. The van der Waals surface area contributed by atoms with Gasteiger partial charge >= 0.3 is 0 Å². The van der Waals surface area contributed by atoms with Gasteiger partial charge in [-0.05, 0) is 30.0 Å². The lowest BCUT2D eigenvalue weighted by atomic mass is 9.94. The van der Waals surface area contributed by atoms with Gasteiger partial charge in [-0.25, -0.2) is 0 Å². The molecule has 0 saturated heterocycles. The standard InChI is InChI=1S/C14H21NO/c1-3-4-5-14(16)10-11(2)12-6-8-13(15)9-7-12/h6-9,11H,3-5,10,15H2,1-2H3. The van der Waals surface area contributed by atoms with E-state index < -0.39 is 0 Å². The minimum absolute atomic E-state index is 0.296. The summed E-state index contributed by atoms with van der Waals surface area (Å²) in [5.74, 6) is 0.663. The molecule has 0 amide bonds. The molecule has 0 bridgehead atoms. The third kappa shape index (κ3) is 4.05. The predicted octanol–water partition coefficient (Wildman–Crippen LogP) is 3.52. The van der Waals surface area contributed by atoms with Crippen molar-refractivity contribution < 1.29 is 4.79 Å². The van der Waals surface area contributed by atoms with E-state index in [1.807, 2.05) is 24.3 Å². The van der Waals surface area contributed by atoms with Gasteiger partial charge in [0, 0.05) is 18.5 Å². The van der Waals surface area contributed by atoms with Gasteiger partial charge in [-0.2, -0.15) is 0 Å². The molecule has 0 spiro atoms. The Labute approximate surface area is 97.9 Å². The van der Waals surface area contributed by atoms with Gasteiger partial charge in [0.15, 0.2) is 0 Å². The van der Waals surface area contributed by atoms with Crippen molar-refractivity contribution in [2.45, 2.75) is 45.4 Å². The Balaban J connectivity index is 2.48. The smallest absolute Gasteiger partial charge is 0.133 e. The SMILES string of the molecule is CCCCC(=O)CC(C)c1ccc(N)cc1. The number of hydrogen-bond acceptors (Lipinski definition) is 2. The van der Waals surface area contributed by atoms with Crippen LogP contribution in [0.25, 0.3) is 0 Å². The molecular formula is C14H21NO. The molecule has 0 aromatic heterocycles. The van der Waals surface area contributed by atoms with E-state index in [-0.39, 0.29) is 0 Å². The summed E-state index contributed by atoms with van der Waals surface area (Å²) in [4.78, 5) is 11.6. The van der Waals surface area contributed by atoms with Crippen LogP contribution in [0.1, 0.15) is 51.0 Å². The van der Waals surface area contributed by atoms with E-state index in [2.05, 4.69) is 13.8 Å². The van der Waals surface area contributed by atoms with Crippen LogP contribution in [-0.2, 0) is 4.79 Å². The number of rotatable bonds is 6. The number of anilines is 1. The molecule has 2 N–H and O–H groups in total. The number of carbonyl (C=O) groups is 1. The second kappa shape index (κ2) is 6.31. The summed E-state index contributed by atoms with van der Waals surface area (Å²) < 4.78 is 0. The van der Waals surface area contributed by atoms with Gasteiger partial charge in [-0.1, -0.05) is 32.4 Å². The zero-order valence-corrected chi connectivity index (χ0v) is 10.2. The first-order valence-corrected chi connectivity index (χ1v) is 6.00. The van der Waals surface area contributed by atoms with Crippen molar-refractivity contribution in [2.24, 2.45) is 0 Å². The van der Waals surface area contributed by atoms with E-state index in [1.54, 1.807) is 0 Å². The minimum Gasteiger partial charge on any atom is -0.399 e. The van der Waals surface area contributed by atoms with E-state index in [1.165, 1.54) is 5.56 Å². The first kappa shape index (κ1) is 12.8. The van der Waals surface area contributed by atoms with Crippen molar-refractivity contribution in [3.63, 3.8) is 0 Å². The summed E-state index contributed by atoms with van der Waals surface area (Å²) in [5, 5.41) is 0. The molecule has 0 saturated carbocycles. The zero-order valence-electron chi connectivity index (χ0n) is 10.2. The molecule has 88 valence electrons. The van der Waals surface area contributed by atoms with Gasteiger partial charge in [0.2, 0.25) is 0 Å². The highest BCUT2D eigenvalue weighted by atomic mass is 16.1. The molecule has 1 unspecified atom stereocenters. The van der Waals surface area contributed by atoms with E-state index >= 15 is 0 Å². The molecule has 1 rings (SSSR count). The van der Waals surface area contributed by atoms with Crippen LogP contribution in [-0.4, -0.2) is 5.78 Å². The van der Waals surface area contributed by atoms with Crippen molar-refractivity contribution in [3.05, 3.63) is 29.8 Å². The fourth-order valence-corrected chi connectivity index (χ4v) is 1.76. The Morgan fingerprint density at radius 3 is 2.50 bits per heavy atom. The quantitative estimate of drug-likeness (QED) is 0.744. The van der Waals surface area contributed by atoms with E-state index in [4.69, 9.17) is 5.73 Å². The summed E-state index contributed by atoms with van der Waals surface area (Å²) in [6, 6.07) is 7.80. The number of hydrogen-bond donors (Lipinski definition) is 1. The molecule has 1 aromatic carbocycles. The zero-order chi connectivity index (χ0) is 12.0. The van der Waals surface area contributed by atoms with Crippen LogP contribution >= 0.6 is 0 Å². The van der Waals surface area contributed by atoms with Crippen LogP contribution in [0.15, 0.2) is 24.3 Å². The van der Waals surface area contributed by atoms with Crippen LogP contribution in [0.3, 0.4) is 0 Å². The van der Waals surface area contributed by atoms with Crippen molar-refractivity contribution in [1.29, 1.82) is 0 Å². The molecule has 1 aromatic rings. The van der Waals surface area contributed by atoms with Gasteiger partial charge in [0.05, 0.1) is 0 Å². The second-order valence-corrected chi connectivity index (χ2v) is 4.41. The summed E-state index contributed by atoms with van der Waals surface area (Å²) in [5.41, 5.74) is 7.59. The van der Waals surface area contributed by atoms with E-state index in [0.29, 0.717) is 18.1 Å². The Bertz CT molecular complexity index is 329. The molecule has 0 aliphatic rings. The normalized spacial score (nSPS) is 12.4. The molecule has 0 radical (unpaired) electrons. The van der Waals surface area contributed by atoms with Crippen molar-refractivity contribution in [3.8, 4) is 0 Å². The largest absolute Gasteiger partial charge is 0.399 e. The molecular weight excluding hydrogens is 198 g/mol. The minimum atomic E-state index is 0.296. The lowest BCUT2D eigenvalue weighted by molar-refractivity contribution is -0.119. The van der Waals surface area contributed by atoms with E-state index in [0.717, 1.165) is 24.9 Å². The second-order valence-electron chi connectivity index (χ2n) is 4.41. The molecule has 0 heterocycles. The Hall–Kier alpha value is -1.31. The monoisotopic (exact) mass is 219 g/mol. The third-order valence-electron chi connectivity index (χ3n) is 2.85. The van der Waals surface area contributed by atoms with Crippen LogP contribution in [0, 0.1) is 0 Å². The van der Waals surface area contributed by atoms with Crippen LogP contribution < -0.4 is 5.73 Å². The van der Waals surface area contributed by atoms with E-state index in [9.17, 15) is 4.79 Å². The third-order valence-corrected chi connectivity index (χ3v) is 2.85. The number of unbranched alkanes of at least 4 members (excludes halogenated alkanes) is 1. The highest BCUT2D eigenvalue weighted by Gasteiger charge is 2.10. The van der Waals surface area contributed by atoms with Gasteiger partial charge in [-0.15, -0.1) is 0 Å². The first-order chi connectivity index (χ1) is 7.63. The summed E-state index contributed by atoms with van der Waals surface area (Å²) >= 11 is 0. The first-order valence-electron chi connectivity index (χ1n) is 6.00.